The predicted octanol–water partition coefficient (Wildman–Crippen LogP) is 4.53. The lowest BCUT2D eigenvalue weighted by molar-refractivity contribution is -0.113. The van der Waals surface area contributed by atoms with E-state index in [2.05, 4.69) is 15.5 Å². The summed E-state index contributed by atoms with van der Waals surface area (Å²) in [4.78, 5) is 12.3. The van der Waals surface area contributed by atoms with Crippen molar-refractivity contribution in [2.45, 2.75) is 25.6 Å². The first-order valence-electron chi connectivity index (χ1n) is 8.79. The van der Waals surface area contributed by atoms with Gasteiger partial charge in [0.1, 0.15) is 18.2 Å². The van der Waals surface area contributed by atoms with Gasteiger partial charge in [-0.05, 0) is 43.7 Å². The second-order valence-corrected chi connectivity index (χ2v) is 7.83. The van der Waals surface area contributed by atoms with Gasteiger partial charge in [-0.15, -0.1) is 10.2 Å². The second kappa shape index (κ2) is 9.28. The molecule has 0 aliphatic carbocycles. The van der Waals surface area contributed by atoms with E-state index in [9.17, 15) is 9.18 Å². The summed E-state index contributed by atoms with van der Waals surface area (Å²) in [5.41, 5.74) is 2.95. The van der Waals surface area contributed by atoms with E-state index in [-0.39, 0.29) is 23.3 Å². The number of carbonyl (C=O) groups is 1. The van der Waals surface area contributed by atoms with E-state index < -0.39 is 5.82 Å². The molecule has 1 amide bonds. The van der Waals surface area contributed by atoms with Crippen molar-refractivity contribution in [1.29, 1.82) is 0 Å². The maximum absolute atomic E-state index is 13.1. The van der Waals surface area contributed by atoms with Gasteiger partial charge in [-0.1, -0.05) is 41.1 Å². The number of benzene rings is 2. The molecule has 0 unspecified atom stereocenters. The molecule has 9 heteroatoms. The van der Waals surface area contributed by atoms with E-state index in [1.54, 1.807) is 11.6 Å². The van der Waals surface area contributed by atoms with Gasteiger partial charge in [-0.25, -0.2) is 4.39 Å². The summed E-state index contributed by atoms with van der Waals surface area (Å²) in [6, 6.07) is 9.78. The van der Waals surface area contributed by atoms with Crippen molar-refractivity contribution in [1.82, 2.24) is 14.8 Å². The highest BCUT2D eigenvalue weighted by Gasteiger charge is 2.13. The van der Waals surface area contributed by atoms with Gasteiger partial charge in [0, 0.05) is 12.7 Å². The highest BCUT2D eigenvalue weighted by Crippen LogP contribution is 2.26. The Labute approximate surface area is 177 Å². The molecular weight excluding hydrogens is 415 g/mol. The summed E-state index contributed by atoms with van der Waals surface area (Å²) < 4.78 is 20.4. The Kier molecular flexibility index (Phi) is 6.76. The standard InChI is InChI=1S/C20H20ClFN4O2S/c1-12-4-6-16(13(2)8-12)23-19(27)11-29-20-25-24-18(26(20)3)10-28-17-7-5-14(22)9-15(17)21/h4-9H,10-11H2,1-3H3,(H,23,27). The lowest BCUT2D eigenvalue weighted by Crippen LogP contribution is -2.15. The van der Waals surface area contributed by atoms with Gasteiger partial charge in [-0.3, -0.25) is 4.79 Å². The van der Waals surface area contributed by atoms with Crippen LogP contribution < -0.4 is 10.1 Å². The number of ether oxygens (including phenoxy) is 1. The van der Waals surface area contributed by atoms with Gasteiger partial charge in [0.15, 0.2) is 11.0 Å². The predicted molar refractivity (Wildman–Crippen MR) is 112 cm³/mol. The molecule has 1 N–H and O–H groups in total. The molecule has 2 aromatic carbocycles. The fraction of sp³-hybridized carbons (Fsp3) is 0.250. The summed E-state index contributed by atoms with van der Waals surface area (Å²) in [6.07, 6.45) is 0. The zero-order valence-corrected chi connectivity index (χ0v) is 17.8. The number of halogens is 2. The minimum Gasteiger partial charge on any atom is -0.484 e. The van der Waals surface area contributed by atoms with Crippen LogP contribution in [0.2, 0.25) is 5.02 Å². The molecule has 6 nitrogen and oxygen atoms in total. The number of thioether (sulfide) groups is 1. The van der Waals surface area contributed by atoms with Crippen molar-refractivity contribution < 1.29 is 13.9 Å². The molecule has 0 bridgehead atoms. The third-order valence-corrected chi connectivity index (χ3v) is 5.48. The largest absolute Gasteiger partial charge is 0.484 e. The molecule has 152 valence electrons. The molecule has 1 aromatic heterocycles. The fourth-order valence-electron chi connectivity index (χ4n) is 2.60. The molecule has 0 atom stereocenters. The highest BCUT2D eigenvalue weighted by molar-refractivity contribution is 7.99. The number of aryl methyl sites for hydroxylation is 2. The average Bonchev–Trinajstić information content (AvgIpc) is 3.01. The Hall–Kier alpha value is -2.58. The number of nitrogens with one attached hydrogen (secondary N) is 1. The van der Waals surface area contributed by atoms with E-state index in [4.69, 9.17) is 16.3 Å². The first kappa shape index (κ1) is 21.1. The van der Waals surface area contributed by atoms with E-state index in [1.807, 2.05) is 32.0 Å². The molecule has 0 saturated heterocycles. The molecule has 0 radical (unpaired) electrons. The Morgan fingerprint density at radius 1 is 1.24 bits per heavy atom. The molecule has 3 aromatic rings. The van der Waals surface area contributed by atoms with Crippen molar-refractivity contribution in [2.75, 3.05) is 11.1 Å². The van der Waals surface area contributed by atoms with Crippen LogP contribution in [0.4, 0.5) is 10.1 Å². The van der Waals surface area contributed by atoms with Gasteiger partial charge in [0.2, 0.25) is 5.91 Å². The molecule has 1 heterocycles. The average molecular weight is 435 g/mol. The van der Waals surface area contributed by atoms with Crippen LogP contribution in [0.5, 0.6) is 5.75 Å². The second-order valence-electron chi connectivity index (χ2n) is 6.48. The van der Waals surface area contributed by atoms with Gasteiger partial charge < -0.3 is 14.6 Å². The number of anilines is 1. The molecule has 29 heavy (non-hydrogen) atoms. The normalized spacial score (nSPS) is 10.8. The van der Waals surface area contributed by atoms with Crippen LogP contribution >= 0.6 is 23.4 Å². The van der Waals surface area contributed by atoms with Crippen molar-refractivity contribution in [3.8, 4) is 5.75 Å². The Morgan fingerprint density at radius 3 is 2.76 bits per heavy atom. The van der Waals surface area contributed by atoms with E-state index in [0.29, 0.717) is 16.7 Å². The van der Waals surface area contributed by atoms with Gasteiger partial charge in [-0.2, -0.15) is 0 Å². The third kappa shape index (κ3) is 5.48. The molecule has 0 fully saturated rings. The topological polar surface area (TPSA) is 69.0 Å². The zero-order chi connectivity index (χ0) is 21.0. The lowest BCUT2D eigenvalue weighted by Gasteiger charge is -2.09. The SMILES string of the molecule is Cc1ccc(NC(=O)CSc2nnc(COc3ccc(F)cc3Cl)n2C)c(C)c1. The summed E-state index contributed by atoms with van der Waals surface area (Å²) in [5.74, 6) is 0.560. The summed E-state index contributed by atoms with van der Waals surface area (Å²) in [6.45, 7) is 4.08. The van der Waals surface area contributed by atoms with Gasteiger partial charge in [0.05, 0.1) is 10.8 Å². The highest BCUT2D eigenvalue weighted by atomic mass is 35.5. The van der Waals surface area contributed by atoms with Crippen molar-refractivity contribution in [2.24, 2.45) is 7.05 Å². The number of hydrogen-bond acceptors (Lipinski definition) is 5. The minimum absolute atomic E-state index is 0.115. The van der Waals surface area contributed by atoms with Crippen molar-refractivity contribution in [3.63, 3.8) is 0 Å². The maximum Gasteiger partial charge on any atom is 0.234 e. The number of rotatable bonds is 7. The molecular formula is C20H20ClFN4O2S. The Morgan fingerprint density at radius 2 is 2.03 bits per heavy atom. The van der Waals surface area contributed by atoms with Gasteiger partial charge >= 0.3 is 0 Å². The summed E-state index contributed by atoms with van der Waals surface area (Å²) >= 11 is 7.23. The summed E-state index contributed by atoms with van der Waals surface area (Å²) in [7, 11) is 1.79. The molecule has 0 aliphatic rings. The van der Waals surface area contributed by atoms with Crippen molar-refractivity contribution >= 4 is 35.0 Å². The van der Waals surface area contributed by atoms with Crippen molar-refractivity contribution in [3.05, 3.63) is 64.2 Å². The monoisotopic (exact) mass is 434 g/mol. The Bertz CT molecular complexity index is 1040. The third-order valence-electron chi connectivity index (χ3n) is 4.16. The van der Waals surface area contributed by atoms with E-state index in [0.717, 1.165) is 16.8 Å². The number of amides is 1. The smallest absolute Gasteiger partial charge is 0.234 e. The van der Waals surface area contributed by atoms with E-state index >= 15 is 0 Å². The molecule has 3 rings (SSSR count). The number of hydrogen-bond donors (Lipinski definition) is 1. The molecule has 0 aliphatic heterocycles. The van der Waals surface area contributed by atoms with Crippen LogP contribution in [0.1, 0.15) is 17.0 Å². The minimum atomic E-state index is -0.432. The lowest BCUT2D eigenvalue weighted by atomic mass is 10.1. The summed E-state index contributed by atoms with van der Waals surface area (Å²) in [5, 5.41) is 11.9. The zero-order valence-electron chi connectivity index (χ0n) is 16.2. The fourth-order valence-corrected chi connectivity index (χ4v) is 3.55. The Balaban J connectivity index is 1.55. The maximum atomic E-state index is 13.1. The van der Waals surface area contributed by atoms with Crippen LogP contribution in [0, 0.1) is 19.7 Å². The van der Waals surface area contributed by atoms with Crippen LogP contribution in [-0.4, -0.2) is 26.4 Å². The number of carbonyl (C=O) groups excluding carboxylic acids is 1. The van der Waals surface area contributed by atoms with E-state index in [1.165, 1.54) is 30.0 Å². The first-order chi connectivity index (χ1) is 13.8. The van der Waals surface area contributed by atoms with Crippen LogP contribution in [0.3, 0.4) is 0 Å². The quantitative estimate of drug-likeness (QED) is 0.553. The number of nitrogens with zero attached hydrogens (tertiary/aromatic N) is 3. The molecule has 0 saturated carbocycles. The first-order valence-corrected chi connectivity index (χ1v) is 10.2. The van der Waals surface area contributed by atoms with Crippen LogP contribution in [0.15, 0.2) is 41.6 Å². The van der Waals surface area contributed by atoms with Crippen LogP contribution in [0.25, 0.3) is 0 Å². The van der Waals surface area contributed by atoms with Gasteiger partial charge in [0.25, 0.3) is 0 Å². The molecule has 0 spiro atoms. The van der Waals surface area contributed by atoms with Crippen LogP contribution in [-0.2, 0) is 18.4 Å². The number of aromatic nitrogens is 3.